The number of hydrogen-bond acceptors (Lipinski definition) is 7. The Kier molecular flexibility index (Phi) is 6.48. The lowest BCUT2D eigenvalue weighted by Crippen LogP contribution is -2.10. The molecule has 0 bridgehead atoms. The Labute approximate surface area is 171 Å². The molecule has 2 aromatic heterocycles. The first kappa shape index (κ1) is 20.8. The van der Waals surface area contributed by atoms with E-state index in [1.165, 1.54) is 19.2 Å². The van der Waals surface area contributed by atoms with Crippen LogP contribution in [0.4, 0.5) is 4.39 Å². The van der Waals surface area contributed by atoms with Crippen molar-refractivity contribution in [1.82, 2.24) is 14.8 Å². The van der Waals surface area contributed by atoms with E-state index in [0.717, 1.165) is 23.1 Å². The van der Waals surface area contributed by atoms with E-state index in [1.54, 1.807) is 12.1 Å². The van der Waals surface area contributed by atoms with Gasteiger partial charge in [-0.2, -0.15) is 0 Å². The van der Waals surface area contributed by atoms with E-state index in [-0.39, 0.29) is 40.9 Å². The Morgan fingerprint density at radius 1 is 1.21 bits per heavy atom. The van der Waals surface area contributed by atoms with Crippen LogP contribution in [0.3, 0.4) is 0 Å². The van der Waals surface area contributed by atoms with Crippen molar-refractivity contribution in [2.75, 3.05) is 12.9 Å². The molecule has 0 unspecified atom stereocenters. The molecule has 1 aromatic carbocycles. The van der Waals surface area contributed by atoms with Gasteiger partial charge in [-0.1, -0.05) is 11.8 Å². The average Bonchev–Trinajstić information content (AvgIpc) is 3.29. The van der Waals surface area contributed by atoms with Crippen LogP contribution in [-0.4, -0.2) is 39.4 Å². The summed E-state index contributed by atoms with van der Waals surface area (Å²) < 4.78 is 25.1. The highest BCUT2D eigenvalue weighted by Gasteiger charge is 2.18. The van der Waals surface area contributed by atoms with Gasteiger partial charge in [0.25, 0.3) is 5.22 Å². The molecule has 0 spiro atoms. The smallest absolute Gasteiger partial charge is 0.307 e. The lowest BCUT2D eigenvalue weighted by atomic mass is 10.2. The second-order valence-electron chi connectivity index (χ2n) is 6.35. The maximum absolute atomic E-state index is 13.0. The number of carbonyl (C=O) groups is 2. The van der Waals surface area contributed by atoms with Crippen molar-refractivity contribution in [2.45, 2.75) is 32.0 Å². The van der Waals surface area contributed by atoms with Gasteiger partial charge in [0.1, 0.15) is 5.82 Å². The molecule has 0 aliphatic rings. The molecule has 3 rings (SSSR count). The van der Waals surface area contributed by atoms with Crippen LogP contribution < -0.4 is 0 Å². The third-order valence-electron chi connectivity index (χ3n) is 4.47. The zero-order chi connectivity index (χ0) is 21.0. The molecule has 0 fully saturated rings. The summed E-state index contributed by atoms with van der Waals surface area (Å²) in [5.41, 5.74) is 2.90. The number of esters is 1. The Morgan fingerprint density at radius 3 is 2.62 bits per heavy atom. The minimum absolute atomic E-state index is 0.0750. The van der Waals surface area contributed by atoms with E-state index >= 15 is 0 Å². The third kappa shape index (κ3) is 4.92. The number of carbonyl (C=O) groups excluding carboxylic acids is 2. The molecule has 2 heterocycles. The number of aryl methyl sites for hydroxylation is 1. The summed E-state index contributed by atoms with van der Waals surface area (Å²) in [5.74, 6) is -0.325. The number of methoxy groups -OCH3 is 1. The lowest BCUT2D eigenvalue weighted by molar-refractivity contribution is -0.140. The van der Waals surface area contributed by atoms with Crippen molar-refractivity contribution in [3.63, 3.8) is 0 Å². The molecule has 0 amide bonds. The summed E-state index contributed by atoms with van der Waals surface area (Å²) in [6.07, 6.45) is 0.239. The van der Waals surface area contributed by atoms with Crippen LogP contribution in [0.1, 0.15) is 28.2 Å². The number of Topliss-reactive ketones (excluding diaryl/α,β-unsaturated/α-hetero) is 1. The Morgan fingerprint density at radius 2 is 1.93 bits per heavy atom. The van der Waals surface area contributed by atoms with Crippen molar-refractivity contribution in [3.05, 3.63) is 53.1 Å². The molecule has 7 nitrogen and oxygen atoms in total. The number of ketones is 1. The van der Waals surface area contributed by atoms with Crippen molar-refractivity contribution in [1.29, 1.82) is 0 Å². The number of rotatable bonds is 8. The molecule has 0 aliphatic carbocycles. The zero-order valence-electron chi connectivity index (χ0n) is 16.3. The first-order chi connectivity index (χ1) is 13.9. The summed E-state index contributed by atoms with van der Waals surface area (Å²) in [5, 5.41) is 8.12. The second-order valence-corrected chi connectivity index (χ2v) is 7.28. The molecule has 152 valence electrons. The van der Waals surface area contributed by atoms with E-state index in [0.29, 0.717) is 17.7 Å². The number of nitrogens with zero attached hydrogens (tertiary/aromatic N) is 3. The van der Waals surface area contributed by atoms with Crippen molar-refractivity contribution in [2.24, 2.45) is 0 Å². The summed E-state index contributed by atoms with van der Waals surface area (Å²) >= 11 is 1.14. The van der Waals surface area contributed by atoms with Gasteiger partial charge < -0.3 is 13.7 Å². The van der Waals surface area contributed by atoms with Crippen LogP contribution in [0.2, 0.25) is 0 Å². The molecule has 0 radical (unpaired) electrons. The first-order valence-electron chi connectivity index (χ1n) is 8.88. The van der Waals surface area contributed by atoms with Crippen molar-refractivity contribution < 1.29 is 23.1 Å². The number of benzene rings is 1. The Bertz CT molecular complexity index is 1030. The van der Waals surface area contributed by atoms with E-state index in [2.05, 4.69) is 14.9 Å². The van der Waals surface area contributed by atoms with E-state index in [4.69, 9.17) is 4.42 Å². The number of hydrogen-bond donors (Lipinski definition) is 0. The van der Waals surface area contributed by atoms with Crippen LogP contribution in [-0.2, 0) is 16.1 Å². The fourth-order valence-electron chi connectivity index (χ4n) is 2.91. The van der Waals surface area contributed by atoms with E-state index in [9.17, 15) is 14.0 Å². The fraction of sp³-hybridized carbons (Fsp3) is 0.300. The molecule has 0 aliphatic heterocycles. The lowest BCUT2D eigenvalue weighted by Gasteiger charge is -2.08. The molecular formula is C20H20FN3O4S. The fourth-order valence-corrected chi connectivity index (χ4v) is 3.56. The SMILES string of the molecule is COC(=O)CCn1c(C)cc(C(=O)CSc2nnc(-c3ccc(F)cc3)o2)c1C. The van der Waals surface area contributed by atoms with E-state index in [1.807, 2.05) is 24.5 Å². The Balaban J connectivity index is 1.64. The van der Waals surface area contributed by atoms with Crippen LogP contribution in [0.25, 0.3) is 11.5 Å². The third-order valence-corrected chi connectivity index (χ3v) is 5.28. The van der Waals surface area contributed by atoms with Crippen LogP contribution >= 0.6 is 11.8 Å². The van der Waals surface area contributed by atoms with Crippen molar-refractivity contribution in [3.8, 4) is 11.5 Å². The summed E-state index contributed by atoms with van der Waals surface area (Å²) in [4.78, 5) is 24.0. The summed E-state index contributed by atoms with van der Waals surface area (Å²) in [6.45, 7) is 4.19. The molecule has 9 heteroatoms. The molecular weight excluding hydrogens is 397 g/mol. The summed E-state index contributed by atoms with van der Waals surface area (Å²) in [7, 11) is 1.35. The first-order valence-corrected chi connectivity index (χ1v) is 9.86. The van der Waals surface area contributed by atoms with Gasteiger partial charge in [0.15, 0.2) is 5.78 Å². The molecule has 0 N–H and O–H groups in total. The largest absolute Gasteiger partial charge is 0.469 e. The molecule has 3 aromatic rings. The predicted molar refractivity (Wildman–Crippen MR) is 105 cm³/mol. The van der Waals surface area contributed by atoms with Gasteiger partial charge in [-0.25, -0.2) is 4.39 Å². The van der Waals surface area contributed by atoms with Gasteiger partial charge in [-0.15, -0.1) is 10.2 Å². The van der Waals surface area contributed by atoms with Crippen LogP contribution in [0.15, 0.2) is 40.0 Å². The van der Waals surface area contributed by atoms with Gasteiger partial charge in [0.05, 0.1) is 19.3 Å². The Hall–Kier alpha value is -2.94. The van der Waals surface area contributed by atoms with Gasteiger partial charge in [-0.05, 0) is 44.2 Å². The monoisotopic (exact) mass is 417 g/mol. The topological polar surface area (TPSA) is 87.2 Å². The van der Waals surface area contributed by atoms with E-state index < -0.39 is 0 Å². The maximum atomic E-state index is 13.0. The van der Waals surface area contributed by atoms with Crippen molar-refractivity contribution >= 4 is 23.5 Å². The standard InChI is InChI=1S/C20H20FN3O4S/c1-12-10-16(13(2)24(12)9-8-18(26)27-3)17(25)11-29-20-23-22-19(28-20)14-4-6-15(21)7-5-14/h4-7,10H,8-9,11H2,1-3H3. The maximum Gasteiger partial charge on any atom is 0.307 e. The van der Waals surface area contributed by atoms with Crippen LogP contribution in [0.5, 0.6) is 0 Å². The summed E-state index contributed by atoms with van der Waals surface area (Å²) in [6, 6.07) is 7.53. The molecule has 0 saturated heterocycles. The zero-order valence-corrected chi connectivity index (χ0v) is 17.1. The quantitative estimate of drug-likeness (QED) is 0.313. The van der Waals surface area contributed by atoms with Gasteiger partial charge >= 0.3 is 5.97 Å². The number of ether oxygens (including phenoxy) is 1. The number of halogens is 1. The molecule has 0 atom stereocenters. The van der Waals surface area contributed by atoms with Gasteiger partial charge in [0, 0.05) is 29.1 Å². The molecule has 29 heavy (non-hydrogen) atoms. The molecule has 0 saturated carbocycles. The number of thioether (sulfide) groups is 1. The highest BCUT2D eigenvalue weighted by atomic mass is 32.2. The van der Waals surface area contributed by atoms with Gasteiger partial charge in [-0.3, -0.25) is 9.59 Å². The minimum Gasteiger partial charge on any atom is -0.469 e. The van der Waals surface area contributed by atoms with Crippen LogP contribution in [0, 0.1) is 19.7 Å². The number of aromatic nitrogens is 3. The predicted octanol–water partition coefficient (Wildman–Crippen LogP) is 3.83. The second kappa shape index (κ2) is 9.04. The normalized spacial score (nSPS) is 10.9. The minimum atomic E-state index is -0.349. The average molecular weight is 417 g/mol. The highest BCUT2D eigenvalue weighted by molar-refractivity contribution is 7.99. The van der Waals surface area contributed by atoms with Gasteiger partial charge in [0.2, 0.25) is 5.89 Å². The highest BCUT2D eigenvalue weighted by Crippen LogP contribution is 2.25.